The van der Waals surface area contributed by atoms with Gasteiger partial charge in [0.15, 0.2) is 0 Å². The van der Waals surface area contributed by atoms with Gasteiger partial charge in [-0.25, -0.2) is 0 Å². The number of nitrogens with one attached hydrogen (secondary N) is 1. The molecule has 0 aliphatic rings. The molecule has 2 aromatic rings. The lowest BCUT2D eigenvalue weighted by molar-refractivity contribution is -0.115. The van der Waals surface area contributed by atoms with E-state index in [9.17, 15) is 14.7 Å². The molecule has 2 amide bonds. The first-order chi connectivity index (χ1) is 11.5. The van der Waals surface area contributed by atoms with E-state index in [2.05, 4.69) is 5.32 Å². The van der Waals surface area contributed by atoms with Crippen molar-refractivity contribution in [1.29, 1.82) is 0 Å². The summed E-state index contributed by atoms with van der Waals surface area (Å²) in [6, 6.07) is 11.1. The average Bonchev–Trinajstić information content (AvgIpc) is 2.60. The smallest absolute Gasteiger partial charge is 0.261 e. The second kappa shape index (κ2) is 7.82. The van der Waals surface area contributed by atoms with Gasteiger partial charge in [-0.1, -0.05) is 12.1 Å². The molecule has 0 atom stereocenters. The predicted octanol–water partition coefficient (Wildman–Crippen LogP) is 2.38. The highest BCUT2D eigenvalue weighted by Crippen LogP contribution is 2.25. The quantitative estimate of drug-likeness (QED) is 0.824. The van der Waals surface area contributed by atoms with E-state index in [0.29, 0.717) is 17.1 Å². The van der Waals surface area contributed by atoms with Gasteiger partial charge in [0.05, 0.1) is 19.8 Å². The van der Waals surface area contributed by atoms with Crippen LogP contribution in [0.25, 0.3) is 6.08 Å². The Balaban J connectivity index is 2.08. The van der Waals surface area contributed by atoms with E-state index < -0.39 is 11.8 Å². The van der Waals surface area contributed by atoms with Crippen molar-refractivity contribution in [2.75, 3.05) is 14.2 Å². The number of amides is 2. The minimum Gasteiger partial charge on any atom is -0.507 e. The topological polar surface area (TPSA) is 84.9 Å². The number of methoxy groups -OCH3 is 2. The van der Waals surface area contributed by atoms with Crippen LogP contribution in [0, 0.1) is 0 Å². The molecule has 0 spiro atoms. The molecule has 0 saturated heterocycles. The zero-order valence-electron chi connectivity index (χ0n) is 13.3. The zero-order valence-corrected chi connectivity index (χ0v) is 13.3. The molecule has 2 N–H and O–H groups in total. The van der Waals surface area contributed by atoms with Crippen molar-refractivity contribution in [2.45, 2.75) is 0 Å². The van der Waals surface area contributed by atoms with E-state index in [1.807, 2.05) is 0 Å². The van der Waals surface area contributed by atoms with Crippen molar-refractivity contribution in [3.63, 3.8) is 0 Å². The average molecular weight is 327 g/mol. The molecule has 0 fully saturated rings. The SMILES string of the molecule is COc1ccc(/C=C/C(=O)NC(=O)c2ccccc2O)c(OC)c1. The highest BCUT2D eigenvalue weighted by molar-refractivity contribution is 6.10. The minimum absolute atomic E-state index is 0.0290. The van der Waals surface area contributed by atoms with Gasteiger partial charge in [-0.3, -0.25) is 14.9 Å². The number of hydrogen-bond donors (Lipinski definition) is 2. The van der Waals surface area contributed by atoms with Crippen LogP contribution in [0.15, 0.2) is 48.5 Å². The fraction of sp³-hybridized carbons (Fsp3) is 0.111. The number of carbonyl (C=O) groups is 2. The lowest BCUT2D eigenvalue weighted by Gasteiger charge is -2.07. The third-order valence-electron chi connectivity index (χ3n) is 3.24. The summed E-state index contributed by atoms with van der Waals surface area (Å²) in [5.74, 6) is -0.317. The lowest BCUT2D eigenvalue weighted by Crippen LogP contribution is -2.28. The van der Waals surface area contributed by atoms with Crippen molar-refractivity contribution in [1.82, 2.24) is 5.32 Å². The standard InChI is InChI=1S/C18H17NO5/c1-23-13-9-7-12(16(11-13)24-2)8-10-17(21)19-18(22)14-5-3-4-6-15(14)20/h3-11,20H,1-2H3,(H,19,21,22)/b10-8+. The molecule has 0 heterocycles. The summed E-state index contributed by atoms with van der Waals surface area (Å²) in [4.78, 5) is 23.8. The fourth-order valence-corrected chi connectivity index (χ4v) is 2.01. The lowest BCUT2D eigenvalue weighted by atomic mass is 10.1. The van der Waals surface area contributed by atoms with E-state index >= 15 is 0 Å². The summed E-state index contributed by atoms with van der Waals surface area (Å²) >= 11 is 0. The monoisotopic (exact) mass is 327 g/mol. The Labute approximate surface area is 139 Å². The summed E-state index contributed by atoms with van der Waals surface area (Å²) in [6.07, 6.45) is 2.73. The van der Waals surface area contributed by atoms with Gasteiger partial charge in [0, 0.05) is 17.7 Å². The highest BCUT2D eigenvalue weighted by Gasteiger charge is 2.12. The Morgan fingerprint density at radius 2 is 1.83 bits per heavy atom. The van der Waals surface area contributed by atoms with Gasteiger partial charge in [-0.2, -0.15) is 0 Å². The summed E-state index contributed by atoms with van der Waals surface area (Å²) < 4.78 is 10.3. The van der Waals surface area contributed by atoms with E-state index in [4.69, 9.17) is 9.47 Å². The number of phenolic OH excluding ortho intramolecular Hbond substituents is 1. The van der Waals surface area contributed by atoms with Crippen LogP contribution in [0.5, 0.6) is 17.2 Å². The first kappa shape index (κ1) is 17.1. The number of benzene rings is 2. The van der Waals surface area contributed by atoms with Crippen molar-refractivity contribution in [3.05, 3.63) is 59.7 Å². The van der Waals surface area contributed by atoms with Crippen LogP contribution in [-0.2, 0) is 4.79 Å². The van der Waals surface area contributed by atoms with Crippen LogP contribution in [0.4, 0.5) is 0 Å². The molecule has 2 rings (SSSR count). The molecule has 2 aromatic carbocycles. The first-order valence-electron chi connectivity index (χ1n) is 7.08. The summed E-state index contributed by atoms with van der Waals surface area (Å²) in [7, 11) is 3.05. The highest BCUT2D eigenvalue weighted by atomic mass is 16.5. The number of aromatic hydroxyl groups is 1. The van der Waals surface area contributed by atoms with Gasteiger partial charge in [0.2, 0.25) is 0 Å². The van der Waals surface area contributed by atoms with E-state index in [-0.39, 0.29) is 11.3 Å². The molecule has 6 heteroatoms. The maximum Gasteiger partial charge on any atom is 0.261 e. The number of rotatable bonds is 5. The van der Waals surface area contributed by atoms with Crippen molar-refractivity contribution >= 4 is 17.9 Å². The summed E-state index contributed by atoms with van der Waals surface area (Å²) in [5, 5.41) is 11.8. The fourth-order valence-electron chi connectivity index (χ4n) is 2.01. The molecule has 0 aliphatic heterocycles. The molecule has 124 valence electrons. The van der Waals surface area contributed by atoms with Gasteiger partial charge in [-0.15, -0.1) is 0 Å². The number of imide groups is 1. The van der Waals surface area contributed by atoms with Crippen LogP contribution < -0.4 is 14.8 Å². The molecular formula is C18H17NO5. The number of para-hydroxylation sites is 1. The molecule has 0 bridgehead atoms. The van der Waals surface area contributed by atoms with Gasteiger partial charge >= 0.3 is 0 Å². The first-order valence-corrected chi connectivity index (χ1v) is 7.08. The summed E-state index contributed by atoms with van der Waals surface area (Å²) in [6.45, 7) is 0. The Hall–Kier alpha value is -3.28. The Morgan fingerprint density at radius 1 is 1.08 bits per heavy atom. The van der Waals surface area contributed by atoms with Gasteiger partial charge < -0.3 is 14.6 Å². The van der Waals surface area contributed by atoms with Crippen molar-refractivity contribution in [3.8, 4) is 17.2 Å². The van der Waals surface area contributed by atoms with E-state index in [1.54, 1.807) is 37.4 Å². The second-order valence-corrected chi connectivity index (χ2v) is 4.78. The maximum absolute atomic E-state index is 11.9. The Bertz CT molecular complexity index is 783. The van der Waals surface area contributed by atoms with Crippen LogP contribution in [0.2, 0.25) is 0 Å². The minimum atomic E-state index is -0.676. The van der Waals surface area contributed by atoms with Crippen molar-refractivity contribution < 1.29 is 24.2 Å². The van der Waals surface area contributed by atoms with Crippen LogP contribution in [-0.4, -0.2) is 31.1 Å². The van der Waals surface area contributed by atoms with Crippen LogP contribution in [0.1, 0.15) is 15.9 Å². The Morgan fingerprint density at radius 3 is 2.50 bits per heavy atom. The number of ether oxygens (including phenoxy) is 2. The molecule has 0 saturated carbocycles. The van der Waals surface area contributed by atoms with Crippen LogP contribution in [0.3, 0.4) is 0 Å². The van der Waals surface area contributed by atoms with E-state index in [0.717, 1.165) is 0 Å². The maximum atomic E-state index is 11.9. The number of phenols is 1. The molecule has 0 aliphatic carbocycles. The third kappa shape index (κ3) is 4.13. The zero-order chi connectivity index (χ0) is 17.5. The third-order valence-corrected chi connectivity index (χ3v) is 3.24. The number of carbonyl (C=O) groups excluding carboxylic acids is 2. The number of hydrogen-bond acceptors (Lipinski definition) is 5. The van der Waals surface area contributed by atoms with Gasteiger partial charge in [0.1, 0.15) is 17.2 Å². The van der Waals surface area contributed by atoms with Crippen LogP contribution >= 0.6 is 0 Å². The molecule has 0 radical (unpaired) electrons. The predicted molar refractivity (Wildman–Crippen MR) is 89.2 cm³/mol. The normalized spacial score (nSPS) is 10.4. The molecule has 6 nitrogen and oxygen atoms in total. The molecule has 0 unspecified atom stereocenters. The summed E-state index contributed by atoms with van der Waals surface area (Å²) in [5.41, 5.74) is 0.685. The molecule has 24 heavy (non-hydrogen) atoms. The Kier molecular flexibility index (Phi) is 5.57. The van der Waals surface area contributed by atoms with Gasteiger partial charge in [-0.05, 0) is 30.3 Å². The molecular weight excluding hydrogens is 310 g/mol. The van der Waals surface area contributed by atoms with E-state index in [1.165, 1.54) is 31.4 Å². The largest absolute Gasteiger partial charge is 0.507 e. The molecule has 0 aromatic heterocycles. The van der Waals surface area contributed by atoms with Gasteiger partial charge in [0.25, 0.3) is 11.8 Å². The second-order valence-electron chi connectivity index (χ2n) is 4.78. The van der Waals surface area contributed by atoms with Crippen molar-refractivity contribution in [2.24, 2.45) is 0 Å².